The van der Waals surface area contributed by atoms with Crippen molar-refractivity contribution < 1.29 is 8.42 Å². The number of thiazole rings is 1. The van der Waals surface area contributed by atoms with E-state index in [1.54, 1.807) is 19.1 Å². The number of hydrogen-bond donors (Lipinski definition) is 2. The molecule has 0 aliphatic carbocycles. The fourth-order valence-electron chi connectivity index (χ4n) is 1.58. The summed E-state index contributed by atoms with van der Waals surface area (Å²) in [6.07, 6.45) is 0. The molecule has 9 heteroatoms. The van der Waals surface area contributed by atoms with Gasteiger partial charge in [-0.15, -0.1) is 0 Å². The molecular formula is C11H10Cl2N2O3S2. The van der Waals surface area contributed by atoms with Gasteiger partial charge in [-0.05, 0) is 25.5 Å². The molecule has 0 fully saturated rings. The lowest BCUT2D eigenvalue weighted by atomic mass is 10.2. The molecule has 108 valence electrons. The highest BCUT2D eigenvalue weighted by Gasteiger charge is 2.23. The highest BCUT2D eigenvalue weighted by molar-refractivity contribution is 7.94. The second-order valence-corrected chi connectivity index (χ2v) is 7.73. The Balaban J connectivity index is 2.52. The summed E-state index contributed by atoms with van der Waals surface area (Å²) in [5.74, 6) is 0. The van der Waals surface area contributed by atoms with Crippen LogP contribution in [-0.2, 0) is 10.0 Å². The Morgan fingerprint density at radius 1 is 1.25 bits per heavy atom. The number of hydrogen-bond acceptors (Lipinski definition) is 4. The van der Waals surface area contributed by atoms with Crippen LogP contribution >= 0.6 is 34.5 Å². The third-order valence-electron chi connectivity index (χ3n) is 2.55. The minimum absolute atomic E-state index is 0.0869. The van der Waals surface area contributed by atoms with E-state index >= 15 is 0 Å². The minimum atomic E-state index is -3.92. The minimum Gasteiger partial charge on any atom is -0.315 e. The molecule has 20 heavy (non-hydrogen) atoms. The van der Waals surface area contributed by atoms with Gasteiger partial charge >= 0.3 is 4.87 Å². The molecule has 0 aliphatic heterocycles. The molecule has 0 aliphatic rings. The predicted octanol–water partition coefficient (Wildman–Crippen LogP) is 3.16. The largest absolute Gasteiger partial charge is 0.315 e. The topological polar surface area (TPSA) is 79.0 Å². The number of sulfonamides is 1. The van der Waals surface area contributed by atoms with E-state index in [4.69, 9.17) is 23.2 Å². The van der Waals surface area contributed by atoms with Crippen molar-refractivity contribution in [3.63, 3.8) is 0 Å². The first kappa shape index (κ1) is 15.4. The number of rotatable bonds is 3. The molecule has 0 radical (unpaired) electrons. The van der Waals surface area contributed by atoms with Gasteiger partial charge in [-0.25, -0.2) is 8.42 Å². The average Bonchev–Trinajstić information content (AvgIpc) is 2.70. The highest BCUT2D eigenvalue weighted by atomic mass is 35.5. The second-order valence-electron chi connectivity index (χ2n) is 4.09. The monoisotopic (exact) mass is 352 g/mol. The fourth-order valence-corrected chi connectivity index (χ4v) is 4.55. The Labute approximate surface area is 129 Å². The maximum absolute atomic E-state index is 12.3. The zero-order valence-corrected chi connectivity index (χ0v) is 13.6. The quantitative estimate of drug-likeness (QED) is 0.890. The summed E-state index contributed by atoms with van der Waals surface area (Å²) in [6.45, 7) is 3.24. The van der Waals surface area contributed by atoms with Gasteiger partial charge < -0.3 is 4.98 Å². The van der Waals surface area contributed by atoms with E-state index in [1.165, 1.54) is 6.92 Å². The van der Waals surface area contributed by atoms with Crippen molar-refractivity contribution in [3.8, 4) is 0 Å². The van der Waals surface area contributed by atoms with Crippen LogP contribution < -0.4 is 9.60 Å². The molecule has 0 atom stereocenters. The molecule has 2 aromatic rings. The van der Waals surface area contributed by atoms with Crippen LogP contribution in [0.5, 0.6) is 0 Å². The zero-order valence-electron chi connectivity index (χ0n) is 10.5. The Morgan fingerprint density at radius 2 is 1.90 bits per heavy atom. The molecule has 1 heterocycles. The first-order valence-electron chi connectivity index (χ1n) is 5.39. The molecule has 1 aromatic carbocycles. The van der Waals surface area contributed by atoms with E-state index < -0.39 is 14.9 Å². The SMILES string of the molecule is Cc1ccc(Cl)c(NS(=O)(=O)c2sc(=O)[nH]c2C)c1Cl. The smallest absolute Gasteiger partial charge is 0.306 e. The van der Waals surface area contributed by atoms with Gasteiger partial charge in [0, 0.05) is 5.69 Å². The summed E-state index contributed by atoms with van der Waals surface area (Å²) in [7, 11) is -3.92. The number of benzene rings is 1. The molecule has 5 nitrogen and oxygen atoms in total. The van der Waals surface area contributed by atoms with E-state index in [1.807, 2.05) is 0 Å². The van der Waals surface area contributed by atoms with Crippen LogP contribution in [-0.4, -0.2) is 13.4 Å². The van der Waals surface area contributed by atoms with Gasteiger partial charge in [-0.1, -0.05) is 40.6 Å². The van der Waals surface area contributed by atoms with Crippen LogP contribution in [0.25, 0.3) is 0 Å². The average molecular weight is 353 g/mol. The molecule has 0 saturated heterocycles. The molecule has 2 N–H and O–H groups in total. The zero-order chi connectivity index (χ0) is 15.1. The Kier molecular flexibility index (Phi) is 4.15. The molecule has 0 unspecified atom stereocenters. The van der Waals surface area contributed by atoms with Gasteiger partial charge in [-0.3, -0.25) is 9.52 Å². The van der Waals surface area contributed by atoms with Crippen LogP contribution in [0.4, 0.5) is 5.69 Å². The maximum atomic E-state index is 12.3. The first-order chi connectivity index (χ1) is 9.22. The summed E-state index contributed by atoms with van der Waals surface area (Å²) in [5, 5.41) is 0.409. The number of aryl methyl sites for hydroxylation is 2. The molecule has 0 bridgehead atoms. The first-order valence-corrected chi connectivity index (χ1v) is 8.45. The maximum Gasteiger partial charge on any atom is 0.306 e. The predicted molar refractivity (Wildman–Crippen MR) is 81.7 cm³/mol. The van der Waals surface area contributed by atoms with E-state index in [0.29, 0.717) is 16.9 Å². The lowest BCUT2D eigenvalue weighted by Gasteiger charge is -2.12. The van der Waals surface area contributed by atoms with E-state index in [9.17, 15) is 13.2 Å². The number of halogens is 2. The lowest BCUT2D eigenvalue weighted by Crippen LogP contribution is -2.13. The van der Waals surface area contributed by atoms with Gasteiger partial charge in [0.15, 0.2) is 4.21 Å². The number of nitrogens with one attached hydrogen (secondary N) is 2. The number of H-pyrrole nitrogens is 1. The summed E-state index contributed by atoms with van der Waals surface area (Å²) in [6, 6.07) is 3.23. The van der Waals surface area contributed by atoms with Crippen LogP contribution in [0, 0.1) is 13.8 Å². The molecular weight excluding hydrogens is 343 g/mol. The van der Waals surface area contributed by atoms with Crippen molar-refractivity contribution in [3.05, 3.63) is 43.1 Å². The van der Waals surface area contributed by atoms with Crippen LogP contribution in [0.3, 0.4) is 0 Å². The van der Waals surface area contributed by atoms with E-state index in [2.05, 4.69) is 9.71 Å². The highest BCUT2D eigenvalue weighted by Crippen LogP contribution is 2.34. The normalized spacial score (nSPS) is 11.6. The summed E-state index contributed by atoms with van der Waals surface area (Å²) >= 11 is 12.6. The second kappa shape index (κ2) is 5.40. The van der Waals surface area contributed by atoms with Crippen molar-refractivity contribution in [2.75, 3.05) is 4.72 Å². The van der Waals surface area contributed by atoms with Crippen molar-refractivity contribution in [2.24, 2.45) is 0 Å². The van der Waals surface area contributed by atoms with E-state index in [0.717, 1.165) is 0 Å². The summed E-state index contributed by atoms with van der Waals surface area (Å²) < 4.78 is 26.8. The van der Waals surface area contributed by atoms with Gasteiger partial charge in [-0.2, -0.15) is 0 Å². The van der Waals surface area contributed by atoms with Crippen LogP contribution in [0.15, 0.2) is 21.1 Å². The molecule has 2 rings (SSSR count). The van der Waals surface area contributed by atoms with Crippen molar-refractivity contribution >= 4 is 50.2 Å². The van der Waals surface area contributed by atoms with Gasteiger partial charge in [0.1, 0.15) is 0 Å². The Hall–Kier alpha value is -1.02. The van der Waals surface area contributed by atoms with Gasteiger partial charge in [0.25, 0.3) is 10.0 Å². The fraction of sp³-hybridized carbons (Fsp3) is 0.182. The molecule has 0 amide bonds. The Bertz CT molecular complexity index is 825. The van der Waals surface area contributed by atoms with Crippen molar-refractivity contribution in [1.29, 1.82) is 0 Å². The third kappa shape index (κ3) is 2.85. The molecule has 0 saturated carbocycles. The Morgan fingerprint density at radius 3 is 2.45 bits per heavy atom. The summed E-state index contributed by atoms with van der Waals surface area (Å²) in [4.78, 5) is 13.2. The summed E-state index contributed by atoms with van der Waals surface area (Å²) in [5.41, 5.74) is 1.06. The lowest BCUT2D eigenvalue weighted by molar-refractivity contribution is 0.602. The van der Waals surface area contributed by atoms with Crippen molar-refractivity contribution in [2.45, 2.75) is 18.1 Å². The molecule has 1 aromatic heterocycles. The number of anilines is 1. The molecule has 0 spiro atoms. The van der Waals surface area contributed by atoms with Crippen molar-refractivity contribution in [1.82, 2.24) is 4.98 Å². The van der Waals surface area contributed by atoms with Gasteiger partial charge in [0.2, 0.25) is 0 Å². The van der Waals surface area contributed by atoms with Crippen LogP contribution in [0.1, 0.15) is 11.3 Å². The standard InChI is InChI=1S/C11H10Cl2N2O3S2/c1-5-3-4-7(12)9(8(5)13)15-20(17,18)10-6(2)14-11(16)19-10/h3-4,15H,1-2H3,(H,14,16). The van der Waals surface area contributed by atoms with E-state index in [-0.39, 0.29) is 25.6 Å². The van der Waals surface area contributed by atoms with Crippen LogP contribution in [0.2, 0.25) is 10.0 Å². The number of aromatic nitrogens is 1. The number of aromatic amines is 1. The third-order valence-corrected chi connectivity index (χ3v) is 6.30. The van der Waals surface area contributed by atoms with Gasteiger partial charge in [0.05, 0.1) is 15.7 Å².